The number of hydrogen-bond donors (Lipinski definition) is 2. The lowest BCUT2D eigenvalue weighted by atomic mass is 10.1. The van der Waals surface area contributed by atoms with Crippen LogP contribution in [0.25, 0.3) is 0 Å². The number of carbonyl (C=O) groups is 2. The predicted molar refractivity (Wildman–Crippen MR) is 63.3 cm³/mol. The fourth-order valence-electron chi connectivity index (χ4n) is 1.55. The van der Waals surface area contributed by atoms with E-state index >= 15 is 0 Å². The molecule has 1 unspecified atom stereocenters. The normalized spacial score (nSPS) is 20.7. The number of rotatable bonds is 3. The maximum atomic E-state index is 12.2. The van der Waals surface area contributed by atoms with Crippen LogP contribution in [0.1, 0.15) is 13.8 Å². The molecule has 1 atom stereocenters. The van der Waals surface area contributed by atoms with Crippen molar-refractivity contribution in [3.63, 3.8) is 0 Å². The van der Waals surface area contributed by atoms with E-state index in [4.69, 9.17) is 9.84 Å². The summed E-state index contributed by atoms with van der Waals surface area (Å²) >= 11 is 0. The topological polar surface area (TPSA) is 90.3 Å². The van der Waals surface area contributed by atoms with Crippen LogP contribution < -0.4 is 0 Å². The molecular formula is C11H20N2O5. The van der Waals surface area contributed by atoms with Crippen molar-refractivity contribution in [3.8, 4) is 0 Å². The van der Waals surface area contributed by atoms with Crippen LogP contribution in [-0.2, 0) is 9.53 Å². The van der Waals surface area contributed by atoms with Gasteiger partial charge in [-0.3, -0.25) is 0 Å². The second-order valence-corrected chi connectivity index (χ2v) is 4.96. The van der Waals surface area contributed by atoms with E-state index in [1.165, 1.54) is 9.80 Å². The third-order valence-electron chi connectivity index (χ3n) is 3.19. The average Bonchev–Trinajstić information content (AvgIpc) is 2.37. The first-order valence-electron chi connectivity index (χ1n) is 5.77. The summed E-state index contributed by atoms with van der Waals surface area (Å²) in [5.74, 6) is -1.07. The summed E-state index contributed by atoms with van der Waals surface area (Å²) in [6, 6.07) is -0.302. The molecule has 104 valence electrons. The van der Waals surface area contributed by atoms with Crippen LogP contribution in [0.2, 0.25) is 0 Å². The first-order chi connectivity index (χ1) is 8.29. The fraction of sp³-hybridized carbons (Fsp3) is 0.818. The van der Waals surface area contributed by atoms with Crippen molar-refractivity contribution in [1.29, 1.82) is 0 Å². The Balaban J connectivity index is 2.69. The van der Waals surface area contributed by atoms with E-state index < -0.39 is 17.6 Å². The molecule has 0 aromatic rings. The molecule has 0 aliphatic carbocycles. The Kier molecular flexibility index (Phi) is 4.53. The maximum Gasteiger partial charge on any atom is 0.334 e. The predicted octanol–water partition coefficient (Wildman–Crippen LogP) is -0.405. The third kappa shape index (κ3) is 3.11. The molecule has 0 aromatic heterocycles. The summed E-state index contributed by atoms with van der Waals surface area (Å²) in [6.07, 6.45) is -0.978. The Morgan fingerprint density at radius 1 is 1.50 bits per heavy atom. The van der Waals surface area contributed by atoms with Crippen LogP contribution >= 0.6 is 0 Å². The zero-order valence-electron chi connectivity index (χ0n) is 10.9. The highest BCUT2D eigenvalue weighted by molar-refractivity contribution is 5.78. The SMILES string of the molecule is CN(C(=O)N1CCOC(C(=O)O)C1)C(C)(C)CO. The van der Waals surface area contributed by atoms with Crippen molar-refractivity contribution < 1.29 is 24.5 Å². The number of aliphatic carboxylic acids is 1. The molecule has 1 heterocycles. The zero-order chi connectivity index (χ0) is 13.9. The molecule has 1 aliphatic rings. The van der Waals surface area contributed by atoms with E-state index in [1.54, 1.807) is 20.9 Å². The van der Waals surface area contributed by atoms with Gasteiger partial charge in [-0.05, 0) is 13.8 Å². The number of morpholine rings is 1. The molecule has 0 radical (unpaired) electrons. The molecule has 2 N–H and O–H groups in total. The Labute approximate surface area is 106 Å². The van der Waals surface area contributed by atoms with Gasteiger partial charge in [-0.1, -0.05) is 0 Å². The van der Waals surface area contributed by atoms with Crippen molar-refractivity contribution in [2.45, 2.75) is 25.5 Å². The molecule has 0 aromatic carbocycles. The van der Waals surface area contributed by atoms with Gasteiger partial charge < -0.3 is 24.7 Å². The van der Waals surface area contributed by atoms with Gasteiger partial charge in [0.25, 0.3) is 0 Å². The number of carboxylic acid groups (broad SMARTS) is 1. The molecule has 0 saturated carbocycles. The van der Waals surface area contributed by atoms with Crippen molar-refractivity contribution in [2.24, 2.45) is 0 Å². The van der Waals surface area contributed by atoms with Crippen LogP contribution in [0.15, 0.2) is 0 Å². The lowest BCUT2D eigenvalue weighted by Gasteiger charge is -2.39. The van der Waals surface area contributed by atoms with Gasteiger partial charge in [0, 0.05) is 13.6 Å². The Bertz CT molecular complexity index is 331. The summed E-state index contributed by atoms with van der Waals surface area (Å²) in [5, 5.41) is 18.1. The van der Waals surface area contributed by atoms with Gasteiger partial charge in [0.15, 0.2) is 6.10 Å². The molecule has 0 bridgehead atoms. The number of carbonyl (C=O) groups excluding carboxylic acids is 1. The first kappa shape index (κ1) is 14.7. The molecule has 1 rings (SSSR count). The number of amides is 2. The molecule has 0 spiro atoms. The van der Waals surface area contributed by atoms with Crippen molar-refractivity contribution in [1.82, 2.24) is 9.80 Å². The van der Waals surface area contributed by atoms with Gasteiger partial charge in [-0.25, -0.2) is 9.59 Å². The van der Waals surface area contributed by atoms with Crippen LogP contribution in [0, 0.1) is 0 Å². The summed E-state index contributed by atoms with van der Waals surface area (Å²) in [6.45, 7) is 3.90. The Hall–Kier alpha value is -1.34. The molecule has 7 nitrogen and oxygen atoms in total. The third-order valence-corrected chi connectivity index (χ3v) is 3.19. The maximum absolute atomic E-state index is 12.2. The van der Waals surface area contributed by atoms with E-state index in [9.17, 15) is 14.7 Å². The lowest BCUT2D eigenvalue weighted by Crippen LogP contribution is -2.57. The summed E-state index contributed by atoms with van der Waals surface area (Å²) in [7, 11) is 1.59. The number of nitrogens with zero attached hydrogens (tertiary/aromatic N) is 2. The summed E-state index contributed by atoms with van der Waals surface area (Å²) in [5.41, 5.74) is -0.686. The minimum atomic E-state index is -1.07. The quantitative estimate of drug-likeness (QED) is 0.720. The minimum Gasteiger partial charge on any atom is -0.479 e. The standard InChI is InChI=1S/C11H20N2O5/c1-11(2,7-14)12(3)10(17)13-4-5-18-8(6-13)9(15)16/h8,14H,4-7H2,1-3H3,(H,15,16). The number of urea groups is 1. The highest BCUT2D eigenvalue weighted by Crippen LogP contribution is 2.15. The lowest BCUT2D eigenvalue weighted by molar-refractivity contribution is -0.154. The van der Waals surface area contributed by atoms with E-state index in [0.29, 0.717) is 6.54 Å². The number of aliphatic hydroxyl groups is 1. The minimum absolute atomic E-state index is 0.0278. The molecule has 7 heteroatoms. The first-order valence-corrected chi connectivity index (χ1v) is 5.77. The molecule has 18 heavy (non-hydrogen) atoms. The summed E-state index contributed by atoms with van der Waals surface area (Å²) < 4.78 is 5.05. The van der Waals surface area contributed by atoms with Crippen molar-refractivity contribution >= 4 is 12.0 Å². The van der Waals surface area contributed by atoms with Gasteiger partial charge >= 0.3 is 12.0 Å². The monoisotopic (exact) mass is 260 g/mol. The Morgan fingerprint density at radius 3 is 2.61 bits per heavy atom. The summed E-state index contributed by atoms with van der Waals surface area (Å²) in [4.78, 5) is 25.8. The van der Waals surface area contributed by atoms with Gasteiger partial charge in [0.2, 0.25) is 0 Å². The highest BCUT2D eigenvalue weighted by Gasteiger charge is 2.34. The van der Waals surface area contributed by atoms with Crippen LogP contribution in [0.5, 0.6) is 0 Å². The molecule has 1 saturated heterocycles. The van der Waals surface area contributed by atoms with Crippen molar-refractivity contribution in [2.75, 3.05) is 33.4 Å². The highest BCUT2D eigenvalue weighted by atomic mass is 16.5. The largest absolute Gasteiger partial charge is 0.479 e. The van der Waals surface area contributed by atoms with E-state index in [0.717, 1.165) is 0 Å². The molecule has 1 aliphatic heterocycles. The van der Waals surface area contributed by atoms with E-state index in [-0.39, 0.29) is 25.8 Å². The molecule has 1 fully saturated rings. The number of ether oxygens (including phenoxy) is 1. The number of carboxylic acids is 1. The average molecular weight is 260 g/mol. The van der Waals surface area contributed by atoms with Crippen molar-refractivity contribution in [3.05, 3.63) is 0 Å². The molecular weight excluding hydrogens is 240 g/mol. The number of hydrogen-bond acceptors (Lipinski definition) is 4. The van der Waals surface area contributed by atoms with Crippen LogP contribution in [0.4, 0.5) is 4.79 Å². The van der Waals surface area contributed by atoms with E-state index in [1.807, 2.05) is 0 Å². The molecule has 2 amide bonds. The number of likely N-dealkylation sites (N-methyl/N-ethyl adjacent to an activating group) is 1. The fourth-order valence-corrected chi connectivity index (χ4v) is 1.55. The van der Waals surface area contributed by atoms with Gasteiger partial charge in [-0.15, -0.1) is 0 Å². The van der Waals surface area contributed by atoms with Gasteiger partial charge in [-0.2, -0.15) is 0 Å². The van der Waals surface area contributed by atoms with Crippen LogP contribution in [-0.4, -0.2) is 77.0 Å². The van der Waals surface area contributed by atoms with Crippen LogP contribution in [0.3, 0.4) is 0 Å². The second kappa shape index (κ2) is 5.53. The number of aliphatic hydroxyl groups excluding tert-OH is 1. The zero-order valence-corrected chi connectivity index (χ0v) is 10.9. The smallest absolute Gasteiger partial charge is 0.334 e. The second-order valence-electron chi connectivity index (χ2n) is 4.96. The Morgan fingerprint density at radius 2 is 2.11 bits per heavy atom. The van der Waals surface area contributed by atoms with E-state index in [2.05, 4.69) is 0 Å². The van der Waals surface area contributed by atoms with Gasteiger partial charge in [0.1, 0.15) is 0 Å². The van der Waals surface area contributed by atoms with Gasteiger partial charge in [0.05, 0.1) is 25.3 Å².